The predicted octanol–water partition coefficient (Wildman–Crippen LogP) is 3.27. The quantitative estimate of drug-likeness (QED) is 0.852. The first-order chi connectivity index (χ1) is 8.59. The molecule has 0 heterocycles. The van der Waals surface area contributed by atoms with Crippen molar-refractivity contribution in [3.8, 4) is 5.75 Å². The van der Waals surface area contributed by atoms with Gasteiger partial charge in [-0.1, -0.05) is 12.1 Å². The molecule has 0 spiro atoms. The Hall–Kier alpha value is -2.17. The molecule has 0 aliphatic rings. The summed E-state index contributed by atoms with van der Waals surface area (Å²) in [6, 6.07) is 7.46. The zero-order valence-corrected chi connectivity index (χ0v) is 9.29. The Morgan fingerprint density at radius 2 is 1.44 bits per heavy atom. The molecule has 0 aromatic heterocycles. The Balaban J connectivity index is 2.22. The molecule has 0 aliphatic heterocycles. The molecule has 0 saturated carbocycles. The summed E-state index contributed by atoms with van der Waals surface area (Å²) in [4.78, 5) is 0. The van der Waals surface area contributed by atoms with Gasteiger partial charge in [0.25, 0.3) is 0 Å². The first kappa shape index (κ1) is 12.3. The van der Waals surface area contributed by atoms with Crippen LogP contribution in [0.2, 0.25) is 0 Å². The fraction of sp³-hybridized carbons (Fsp3) is 0.0769. The molecular formula is C13H10F3NO. The van der Waals surface area contributed by atoms with Crippen molar-refractivity contribution in [2.45, 2.75) is 6.61 Å². The van der Waals surface area contributed by atoms with Gasteiger partial charge in [0.2, 0.25) is 0 Å². The Morgan fingerprint density at radius 1 is 0.889 bits per heavy atom. The number of benzene rings is 2. The lowest BCUT2D eigenvalue weighted by Gasteiger charge is -2.10. The predicted molar refractivity (Wildman–Crippen MR) is 61.5 cm³/mol. The molecule has 0 fully saturated rings. The fourth-order valence-electron chi connectivity index (χ4n) is 1.49. The molecule has 18 heavy (non-hydrogen) atoms. The fourth-order valence-corrected chi connectivity index (χ4v) is 1.49. The van der Waals surface area contributed by atoms with Crippen molar-refractivity contribution in [1.29, 1.82) is 0 Å². The van der Waals surface area contributed by atoms with Crippen LogP contribution in [0.5, 0.6) is 5.75 Å². The van der Waals surface area contributed by atoms with Crippen LogP contribution in [-0.2, 0) is 6.61 Å². The van der Waals surface area contributed by atoms with Crippen molar-refractivity contribution in [2.24, 2.45) is 0 Å². The SMILES string of the molecule is Nc1cccc(F)c1OCc1c(F)cccc1F. The summed E-state index contributed by atoms with van der Waals surface area (Å²) in [5.41, 5.74) is 5.32. The number of rotatable bonds is 3. The number of hydrogen-bond donors (Lipinski definition) is 1. The van der Waals surface area contributed by atoms with Crippen LogP contribution < -0.4 is 10.5 Å². The maximum absolute atomic E-state index is 13.4. The molecule has 2 rings (SSSR count). The molecule has 0 aliphatic carbocycles. The summed E-state index contributed by atoms with van der Waals surface area (Å²) in [6.45, 7) is -0.427. The molecule has 0 atom stereocenters. The molecule has 5 heteroatoms. The lowest BCUT2D eigenvalue weighted by atomic mass is 10.2. The highest BCUT2D eigenvalue weighted by molar-refractivity contribution is 5.52. The van der Waals surface area contributed by atoms with E-state index in [0.29, 0.717) is 0 Å². The second-order valence-electron chi connectivity index (χ2n) is 3.65. The summed E-state index contributed by atoms with van der Waals surface area (Å²) < 4.78 is 45.0. The minimum Gasteiger partial charge on any atom is -0.483 e. The van der Waals surface area contributed by atoms with Gasteiger partial charge in [-0.3, -0.25) is 0 Å². The van der Waals surface area contributed by atoms with Gasteiger partial charge in [0.05, 0.1) is 11.3 Å². The minimum atomic E-state index is -0.745. The van der Waals surface area contributed by atoms with E-state index >= 15 is 0 Å². The zero-order valence-electron chi connectivity index (χ0n) is 9.29. The number of nitrogens with two attached hydrogens (primary N) is 1. The molecule has 0 radical (unpaired) electrons. The van der Waals surface area contributed by atoms with E-state index in [1.807, 2.05) is 0 Å². The Labute approximate surface area is 102 Å². The molecule has 0 amide bonds. The number of nitrogen functional groups attached to an aromatic ring is 1. The number of para-hydroxylation sites is 1. The summed E-state index contributed by atoms with van der Waals surface area (Å²) in [6.07, 6.45) is 0. The van der Waals surface area contributed by atoms with Crippen LogP contribution in [0.1, 0.15) is 5.56 Å². The Bertz CT molecular complexity index is 480. The first-order valence-electron chi connectivity index (χ1n) is 5.19. The number of hydrogen-bond acceptors (Lipinski definition) is 2. The van der Waals surface area contributed by atoms with Gasteiger partial charge in [0.1, 0.15) is 18.2 Å². The third-order valence-corrected chi connectivity index (χ3v) is 2.42. The monoisotopic (exact) mass is 253 g/mol. The summed E-state index contributed by atoms with van der Waals surface area (Å²) >= 11 is 0. The van der Waals surface area contributed by atoms with Crippen LogP contribution in [-0.4, -0.2) is 0 Å². The lowest BCUT2D eigenvalue weighted by Crippen LogP contribution is -2.04. The number of ether oxygens (including phenoxy) is 1. The molecular weight excluding hydrogens is 243 g/mol. The van der Waals surface area contributed by atoms with E-state index in [-0.39, 0.29) is 17.0 Å². The van der Waals surface area contributed by atoms with Crippen LogP contribution in [0.25, 0.3) is 0 Å². The van der Waals surface area contributed by atoms with Crippen molar-refractivity contribution in [1.82, 2.24) is 0 Å². The van der Waals surface area contributed by atoms with Gasteiger partial charge >= 0.3 is 0 Å². The van der Waals surface area contributed by atoms with E-state index < -0.39 is 24.1 Å². The van der Waals surface area contributed by atoms with E-state index in [1.54, 1.807) is 0 Å². The minimum absolute atomic E-state index is 0.0757. The van der Waals surface area contributed by atoms with Crippen molar-refractivity contribution >= 4 is 5.69 Å². The van der Waals surface area contributed by atoms with Gasteiger partial charge < -0.3 is 10.5 Å². The van der Waals surface area contributed by atoms with E-state index in [4.69, 9.17) is 10.5 Å². The Kier molecular flexibility index (Phi) is 3.41. The average molecular weight is 253 g/mol. The van der Waals surface area contributed by atoms with E-state index in [0.717, 1.165) is 18.2 Å². The van der Waals surface area contributed by atoms with Crippen molar-refractivity contribution in [3.05, 3.63) is 59.4 Å². The van der Waals surface area contributed by atoms with Crippen LogP contribution in [0, 0.1) is 17.5 Å². The third-order valence-electron chi connectivity index (χ3n) is 2.42. The maximum atomic E-state index is 13.4. The van der Waals surface area contributed by atoms with E-state index in [9.17, 15) is 13.2 Å². The van der Waals surface area contributed by atoms with Gasteiger partial charge in [-0.25, -0.2) is 13.2 Å². The highest BCUT2D eigenvalue weighted by Gasteiger charge is 2.12. The summed E-state index contributed by atoms with van der Waals surface area (Å²) in [5, 5.41) is 0. The summed E-state index contributed by atoms with van der Waals surface area (Å²) in [5.74, 6) is -2.37. The highest BCUT2D eigenvalue weighted by Crippen LogP contribution is 2.26. The third kappa shape index (κ3) is 2.40. The van der Waals surface area contributed by atoms with Crippen LogP contribution in [0.3, 0.4) is 0 Å². The van der Waals surface area contributed by atoms with Crippen molar-refractivity contribution < 1.29 is 17.9 Å². The second-order valence-corrected chi connectivity index (χ2v) is 3.65. The molecule has 2 nitrogen and oxygen atoms in total. The first-order valence-corrected chi connectivity index (χ1v) is 5.19. The van der Waals surface area contributed by atoms with Gasteiger partial charge in [-0.05, 0) is 24.3 Å². The lowest BCUT2D eigenvalue weighted by molar-refractivity contribution is 0.280. The van der Waals surface area contributed by atoms with Gasteiger partial charge in [-0.2, -0.15) is 0 Å². The number of halogens is 3. The highest BCUT2D eigenvalue weighted by atomic mass is 19.1. The van der Waals surface area contributed by atoms with Gasteiger partial charge in [0.15, 0.2) is 11.6 Å². The normalized spacial score (nSPS) is 10.4. The van der Waals surface area contributed by atoms with Crippen molar-refractivity contribution in [2.75, 3.05) is 5.73 Å². The maximum Gasteiger partial charge on any atom is 0.178 e. The van der Waals surface area contributed by atoms with Crippen LogP contribution >= 0.6 is 0 Å². The zero-order chi connectivity index (χ0) is 13.1. The molecule has 2 aromatic rings. The second kappa shape index (κ2) is 5.00. The standard InChI is InChI=1S/C13H10F3NO/c14-9-3-1-4-10(15)8(9)7-18-13-11(16)5-2-6-12(13)17/h1-6H,7,17H2. The summed E-state index contributed by atoms with van der Waals surface area (Å²) in [7, 11) is 0. The van der Waals surface area contributed by atoms with Gasteiger partial charge in [0, 0.05) is 0 Å². The van der Waals surface area contributed by atoms with E-state index in [1.165, 1.54) is 18.2 Å². The molecule has 94 valence electrons. The Morgan fingerprint density at radius 3 is 2.06 bits per heavy atom. The largest absolute Gasteiger partial charge is 0.483 e. The van der Waals surface area contributed by atoms with Gasteiger partial charge in [-0.15, -0.1) is 0 Å². The molecule has 2 N–H and O–H groups in total. The van der Waals surface area contributed by atoms with Crippen LogP contribution in [0.15, 0.2) is 36.4 Å². The van der Waals surface area contributed by atoms with Crippen molar-refractivity contribution in [3.63, 3.8) is 0 Å². The molecule has 2 aromatic carbocycles. The molecule has 0 saturated heterocycles. The molecule has 0 unspecified atom stereocenters. The number of anilines is 1. The topological polar surface area (TPSA) is 35.2 Å². The van der Waals surface area contributed by atoms with Crippen LogP contribution in [0.4, 0.5) is 18.9 Å². The van der Waals surface area contributed by atoms with E-state index in [2.05, 4.69) is 0 Å². The molecule has 0 bridgehead atoms. The average Bonchev–Trinajstić information content (AvgIpc) is 2.31. The smallest absolute Gasteiger partial charge is 0.178 e.